The van der Waals surface area contributed by atoms with Gasteiger partial charge in [0, 0.05) is 23.9 Å². The maximum Gasteiger partial charge on any atom is 0.163 e. The van der Waals surface area contributed by atoms with Crippen LogP contribution in [0.2, 0.25) is 0 Å². The van der Waals surface area contributed by atoms with E-state index in [9.17, 15) is 4.79 Å². The number of nitrogens with two attached hydrogens (primary N) is 1. The third-order valence-electron chi connectivity index (χ3n) is 4.43. The first-order valence-corrected chi connectivity index (χ1v) is 7.13. The second-order valence-electron chi connectivity index (χ2n) is 5.91. The number of carbonyl (C=O) groups is 1. The first kappa shape index (κ1) is 11.9. The van der Waals surface area contributed by atoms with E-state index in [4.69, 9.17) is 5.73 Å². The van der Waals surface area contributed by atoms with E-state index in [1.165, 1.54) is 31.2 Å². The zero-order valence-electron chi connectivity index (χ0n) is 10.8. The van der Waals surface area contributed by atoms with E-state index in [-0.39, 0.29) is 0 Å². The zero-order chi connectivity index (χ0) is 12.5. The van der Waals surface area contributed by atoms with Gasteiger partial charge in [-0.25, -0.2) is 0 Å². The molecule has 2 N–H and O–H groups in total. The summed E-state index contributed by atoms with van der Waals surface area (Å²) in [5, 5.41) is 0. The quantitative estimate of drug-likeness (QED) is 0.825. The Labute approximate surface area is 109 Å². The Morgan fingerprint density at radius 3 is 2.67 bits per heavy atom. The summed E-state index contributed by atoms with van der Waals surface area (Å²) in [5.74, 6) is 1.44. The van der Waals surface area contributed by atoms with Crippen LogP contribution in [0.1, 0.15) is 60.4 Å². The van der Waals surface area contributed by atoms with E-state index < -0.39 is 0 Å². The fraction of sp³-hybridized carbons (Fsp3) is 0.562. The number of benzene rings is 1. The summed E-state index contributed by atoms with van der Waals surface area (Å²) in [7, 11) is 0. The van der Waals surface area contributed by atoms with Gasteiger partial charge in [-0.3, -0.25) is 4.79 Å². The number of ketones is 1. The maximum atomic E-state index is 12.2. The van der Waals surface area contributed by atoms with Crippen LogP contribution in [0.15, 0.2) is 24.3 Å². The summed E-state index contributed by atoms with van der Waals surface area (Å²) in [6, 6.07) is 8.43. The Morgan fingerprint density at radius 1 is 1.28 bits per heavy atom. The first-order valence-electron chi connectivity index (χ1n) is 7.13. The minimum atomic E-state index is 0.310. The number of carbonyl (C=O) groups excluding carboxylic acids is 1. The highest BCUT2D eigenvalue weighted by atomic mass is 16.1. The Morgan fingerprint density at radius 2 is 2.00 bits per heavy atom. The Kier molecular flexibility index (Phi) is 3.21. The van der Waals surface area contributed by atoms with Crippen molar-refractivity contribution in [1.29, 1.82) is 0 Å². The van der Waals surface area contributed by atoms with Crippen LogP contribution < -0.4 is 5.73 Å². The molecule has 2 fully saturated rings. The van der Waals surface area contributed by atoms with E-state index in [1.54, 1.807) is 0 Å². The van der Waals surface area contributed by atoms with Crippen LogP contribution in [0.3, 0.4) is 0 Å². The van der Waals surface area contributed by atoms with Crippen molar-refractivity contribution in [1.82, 2.24) is 0 Å². The Hall–Kier alpha value is -1.15. The molecule has 18 heavy (non-hydrogen) atoms. The monoisotopic (exact) mass is 243 g/mol. The van der Waals surface area contributed by atoms with E-state index in [0.717, 1.165) is 18.4 Å². The third kappa shape index (κ3) is 2.49. The van der Waals surface area contributed by atoms with Crippen molar-refractivity contribution in [2.24, 2.45) is 11.7 Å². The van der Waals surface area contributed by atoms with Crippen molar-refractivity contribution in [3.05, 3.63) is 35.4 Å². The summed E-state index contributed by atoms with van der Waals surface area (Å²) < 4.78 is 0. The normalized spacial score (nSPS) is 27.4. The molecule has 2 saturated carbocycles. The lowest BCUT2D eigenvalue weighted by atomic mass is 9.95. The standard InChI is InChI=1S/C16H21NO/c17-15-10-14(15)12-6-3-7-13(9-12)16(18)8-11-4-1-2-5-11/h3,6-7,9,11,14-15H,1-2,4-5,8,10,17H2. The van der Waals surface area contributed by atoms with Gasteiger partial charge in [-0.1, -0.05) is 43.9 Å². The topological polar surface area (TPSA) is 43.1 Å². The van der Waals surface area contributed by atoms with Gasteiger partial charge in [0.1, 0.15) is 0 Å². The lowest BCUT2D eigenvalue weighted by Gasteiger charge is -2.08. The van der Waals surface area contributed by atoms with Gasteiger partial charge in [0.2, 0.25) is 0 Å². The summed E-state index contributed by atoms with van der Waals surface area (Å²) in [4.78, 5) is 12.2. The molecule has 2 aliphatic rings. The number of hydrogen-bond donors (Lipinski definition) is 1. The van der Waals surface area contributed by atoms with Gasteiger partial charge in [-0.05, 0) is 24.0 Å². The van der Waals surface area contributed by atoms with Crippen LogP contribution in [0.4, 0.5) is 0 Å². The second-order valence-corrected chi connectivity index (χ2v) is 5.91. The van der Waals surface area contributed by atoms with Crippen molar-refractivity contribution in [3.63, 3.8) is 0 Å². The molecule has 0 aliphatic heterocycles. The minimum absolute atomic E-state index is 0.310. The molecule has 96 valence electrons. The van der Waals surface area contributed by atoms with Gasteiger partial charge in [0.15, 0.2) is 5.78 Å². The van der Waals surface area contributed by atoms with Crippen molar-refractivity contribution < 1.29 is 4.79 Å². The lowest BCUT2D eigenvalue weighted by Crippen LogP contribution is -2.07. The average molecular weight is 243 g/mol. The smallest absolute Gasteiger partial charge is 0.163 e. The summed E-state index contributed by atoms with van der Waals surface area (Å²) in [6.45, 7) is 0. The molecule has 0 heterocycles. The molecule has 1 aromatic carbocycles. The van der Waals surface area contributed by atoms with Gasteiger partial charge in [0.05, 0.1) is 0 Å². The summed E-state index contributed by atoms with van der Waals surface area (Å²) in [5.41, 5.74) is 8.01. The van der Waals surface area contributed by atoms with E-state index in [2.05, 4.69) is 12.1 Å². The average Bonchev–Trinajstić information content (AvgIpc) is 2.89. The zero-order valence-corrected chi connectivity index (χ0v) is 10.8. The molecule has 0 bridgehead atoms. The van der Waals surface area contributed by atoms with E-state index in [1.807, 2.05) is 12.1 Å². The van der Waals surface area contributed by atoms with Crippen molar-refractivity contribution >= 4 is 5.78 Å². The number of rotatable bonds is 4. The van der Waals surface area contributed by atoms with E-state index in [0.29, 0.717) is 23.7 Å². The molecule has 0 saturated heterocycles. The molecule has 2 atom stereocenters. The fourth-order valence-corrected chi connectivity index (χ4v) is 3.14. The molecule has 0 spiro atoms. The van der Waals surface area contributed by atoms with Gasteiger partial charge in [-0.15, -0.1) is 0 Å². The third-order valence-corrected chi connectivity index (χ3v) is 4.43. The largest absolute Gasteiger partial charge is 0.327 e. The highest BCUT2D eigenvalue weighted by Crippen LogP contribution is 2.39. The van der Waals surface area contributed by atoms with Crippen molar-refractivity contribution in [2.45, 2.75) is 50.5 Å². The Bertz CT molecular complexity index is 448. The molecular weight excluding hydrogens is 222 g/mol. The summed E-state index contributed by atoms with van der Waals surface area (Å²) in [6.07, 6.45) is 6.88. The molecule has 2 aliphatic carbocycles. The van der Waals surface area contributed by atoms with Crippen molar-refractivity contribution in [2.75, 3.05) is 0 Å². The van der Waals surface area contributed by atoms with Crippen LogP contribution in [-0.4, -0.2) is 11.8 Å². The highest BCUT2D eigenvalue weighted by Gasteiger charge is 2.35. The molecule has 0 aromatic heterocycles. The molecule has 3 rings (SSSR count). The lowest BCUT2D eigenvalue weighted by molar-refractivity contribution is 0.0962. The maximum absolute atomic E-state index is 12.2. The predicted octanol–water partition coefficient (Wildman–Crippen LogP) is 3.26. The van der Waals surface area contributed by atoms with Crippen molar-refractivity contribution in [3.8, 4) is 0 Å². The van der Waals surface area contributed by atoms with Crippen LogP contribution in [0, 0.1) is 5.92 Å². The molecule has 2 heteroatoms. The molecule has 0 amide bonds. The molecule has 2 nitrogen and oxygen atoms in total. The Balaban J connectivity index is 1.69. The van der Waals surface area contributed by atoms with Crippen LogP contribution in [0.5, 0.6) is 0 Å². The predicted molar refractivity (Wildman–Crippen MR) is 72.7 cm³/mol. The molecule has 0 radical (unpaired) electrons. The van der Waals surface area contributed by atoms with Crippen LogP contribution in [-0.2, 0) is 0 Å². The van der Waals surface area contributed by atoms with Gasteiger partial charge < -0.3 is 5.73 Å². The SMILES string of the molecule is NC1CC1c1cccc(C(=O)CC2CCCC2)c1. The highest BCUT2D eigenvalue weighted by molar-refractivity contribution is 5.96. The minimum Gasteiger partial charge on any atom is -0.327 e. The number of hydrogen-bond acceptors (Lipinski definition) is 2. The van der Waals surface area contributed by atoms with Gasteiger partial charge in [-0.2, -0.15) is 0 Å². The second kappa shape index (κ2) is 4.85. The summed E-state index contributed by atoms with van der Waals surface area (Å²) >= 11 is 0. The molecular formula is C16H21NO. The molecule has 2 unspecified atom stereocenters. The van der Waals surface area contributed by atoms with Crippen LogP contribution in [0.25, 0.3) is 0 Å². The number of Topliss-reactive ketones (excluding diaryl/α,β-unsaturated/α-hetero) is 1. The fourth-order valence-electron chi connectivity index (χ4n) is 3.14. The van der Waals surface area contributed by atoms with Gasteiger partial charge >= 0.3 is 0 Å². The van der Waals surface area contributed by atoms with E-state index >= 15 is 0 Å². The first-order chi connectivity index (χ1) is 8.74. The van der Waals surface area contributed by atoms with Crippen LogP contribution >= 0.6 is 0 Å². The van der Waals surface area contributed by atoms with Gasteiger partial charge in [0.25, 0.3) is 0 Å². The molecule has 1 aromatic rings.